The fourth-order valence-electron chi connectivity index (χ4n) is 1.89. The number of carbonyl (C=O) groups excluding carboxylic acids is 1. The Morgan fingerprint density at radius 3 is 2.45 bits per heavy atom. The summed E-state index contributed by atoms with van der Waals surface area (Å²) in [5.41, 5.74) is 2.10. The Morgan fingerprint density at radius 1 is 1.25 bits per heavy atom. The van der Waals surface area contributed by atoms with E-state index in [2.05, 4.69) is 10.6 Å². The molecule has 0 heterocycles. The number of nitrogens with one attached hydrogen (secondary N) is 2. The van der Waals surface area contributed by atoms with Gasteiger partial charge in [0.25, 0.3) is 0 Å². The first kappa shape index (κ1) is 16.0. The van der Waals surface area contributed by atoms with E-state index in [1.807, 2.05) is 45.0 Å². The summed E-state index contributed by atoms with van der Waals surface area (Å²) in [5.74, 6) is -0.808. The highest BCUT2D eigenvalue weighted by molar-refractivity contribution is 5.82. The number of benzene rings is 1. The fraction of sp³-hybridized carbons (Fsp3) is 0.467. The van der Waals surface area contributed by atoms with E-state index in [0.717, 1.165) is 11.1 Å². The molecule has 0 aliphatic rings. The van der Waals surface area contributed by atoms with E-state index in [-0.39, 0.29) is 5.92 Å². The first-order valence-electron chi connectivity index (χ1n) is 6.71. The van der Waals surface area contributed by atoms with E-state index in [9.17, 15) is 9.59 Å². The van der Waals surface area contributed by atoms with Gasteiger partial charge in [0.15, 0.2) is 0 Å². The maximum absolute atomic E-state index is 11.7. The van der Waals surface area contributed by atoms with Crippen LogP contribution in [-0.2, 0) is 11.3 Å². The SMILES string of the molecule is Cc1ccccc1CNC(=O)N[C@H](CC(C)C)C(=O)O. The zero-order valence-electron chi connectivity index (χ0n) is 12.1. The van der Waals surface area contributed by atoms with Crippen LogP contribution in [0.3, 0.4) is 0 Å². The molecule has 0 saturated heterocycles. The van der Waals surface area contributed by atoms with Crippen molar-refractivity contribution in [1.29, 1.82) is 0 Å². The van der Waals surface area contributed by atoms with Gasteiger partial charge in [0.2, 0.25) is 0 Å². The third-order valence-electron chi connectivity index (χ3n) is 3.01. The van der Waals surface area contributed by atoms with Gasteiger partial charge in [-0.05, 0) is 30.4 Å². The van der Waals surface area contributed by atoms with E-state index in [0.29, 0.717) is 13.0 Å². The number of carbonyl (C=O) groups is 2. The molecular weight excluding hydrogens is 256 g/mol. The van der Waals surface area contributed by atoms with E-state index < -0.39 is 18.0 Å². The minimum atomic E-state index is -1.01. The maximum Gasteiger partial charge on any atom is 0.326 e. The molecule has 2 amide bonds. The van der Waals surface area contributed by atoms with Crippen LogP contribution >= 0.6 is 0 Å². The lowest BCUT2D eigenvalue weighted by Crippen LogP contribution is -2.46. The Hall–Kier alpha value is -2.04. The lowest BCUT2D eigenvalue weighted by Gasteiger charge is -2.17. The molecule has 0 aliphatic heterocycles. The number of urea groups is 1. The third-order valence-corrected chi connectivity index (χ3v) is 3.01. The number of hydrogen-bond acceptors (Lipinski definition) is 2. The molecule has 1 atom stereocenters. The van der Waals surface area contributed by atoms with Crippen LogP contribution in [-0.4, -0.2) is 23.1 Å². The Morgan fingerprint density at radius 2 is 1.90 bits per heavy atom. The number of rotatable bonds is 6. The molecule has 0 aromatic heterocycles. The average molecular weight is 278 g/mol. The van der Waals surface area contributed by atoms with Crippen molar-refractivity contribution in [1.82, 2.24) is 10.6 Å². The molecule has 0 radical (unpaired) electrons. The van der Waals surface area contributed by atoms with E-state index >= 15 is 0 Å². The minimum Gasteiger partial charge on any atom is -0.480 e. The highest BCUT2D eigenvalue weighted by Crippen LogP contribution is 2.07. The molecule has 1 aromatic carbocycles. The van der Waals surface area contributed by atoms with Crippen LogP contribution in [0.2, 0.25) is 0 Å². The van der Waals surface area contributed by atoms with Gasteiger partial charge in [0.05, 0.1) is 0 Å². The molecule has 3 N–H and O–H groups in total. The molecule has 0 saturated carbocycles. The molecule has 0 unspecified atom stereocenters. The first-order chi connectivity index (χ1) is 9.40. The molecule has 20 heavy (non-hydrogen) atoms. The van der Waals surface area contributed by atoms with Crippen LogP contribution in [0.5, 0.6) is 0 Å². The van der Waals surface area contributed by atoms with Gasteiger partial charge < -0.3 is 15.7 Å². The molecule has 1 aromatic rings. The number of amides is 2. The highest BCUT2D eigenvalue weighted by atomic mass is 16.4. The van der Waals surface area contributed by atoms with Crippen LogP contribution in [0.15, 0.2) is 24.3 Å². The molecule has 5 nitrogen and oxygen atoms in total. The summed E-state index contributed by atoms with van der Waals surface area (Å²) in [6, 6.07) is 6.42. The summed E-state index contributed by atoms with van der Waals surface area (Å²) >= 11 is 0. The number of carboxylic acids is 1. The third kappa shape index (κ3) is 5.30. The normalized spacial score (nSPS) is 12.0. The molecule has 0 aliphatic carbocycles. The van der Waals surface area contributed by atoms with Crippen LogP contribution in [0.25, 0.3) is 0 Å². The topological polar surface area (TPSA) is 78.4 Å². The number of carboxylic acid groups (broad SMARTS) is 1. The predicted octanol–water partition coefficient (Wildman–Crippen LogP) is 2.29. The lowest BCUT2D eigenvalue weighted by molar-refractivity contribution is -0.139. The standard InChI is InChI=1S/C15H22N2O3/c1-10(2)8-13(14(18)19)17-15(20)16-9-12-7-5-4-6-11(12)3/h4-7,10,13H,8-9H2,1-3H3,(H,18,19)(H2,16,17,20)/t13-/m1/s1. The first-order valence-corrected chi connectivity index (χ1v) is 6.71. The smallest absolute Gasteiger partial charge is 0.326 e. The summed E-state index contributed by atoms with van der Waals surface area (Å²) < 4.78 is 0. The van der Waals surface area contributed by atoms with Gasteiger partial charge in [-0.2, -0.15) is 0 Å². The Labute approximate surface area is 119 Å². The van der Waals surface area contributed by atoms with Crippen molar-refractivity contribution < 1.29 is 14.7 Å². The molecule has 110 valence electrons. The zero-order chi connectivity index (χ0) is 15.1. The van der Waals surface area contributed by atoms with Crippen LogP contribution in [0.4, 0.5) is 4.79 Å². The Bertz CT molecular complexity index is 472. The van der Waals surface area contributed by atoms with Crippen molar-refractivity contribution in [3.63, 3.8) is 0 Å². The van der Waals surface area contributed by atoms with Crippen LogP contribution in [0, 0.1) is 12.8 Å². The van der Waals surface area contributed by atoms with Gasteiger partial charge in [-0.3, -0.25) is 0 Å². The van der Waals surface area contributed by atoms with Crippen LogP contribution < -0.4 is 10.6 Å². The largest absolute Gasteiger partial charge is 0.480 e. The van der Waals surface area contributed by atoms with Crippen molar-refractivity contribution >= 4 is 12.0 Å². The lowest BCUT2D eigenvalue weighted by atomic mass is 10.0. The van der Waals surface area contributed by atoms with E-state index in [4.69, 9.17) is 5.11 Å². The maximum atomic E-state index is 11.7. The van der Waals surface area contributed by atoms with E-state index in [1.54, 1.807) is 0 Å². The average Bonchev–Trinajstić information content (AvgIpc) is 2.36. The van der Waals surface area contributed by atoms with Crippen LogP contribution in [0.1, 0.15) is 31.4 Å². The molecule has 1 rings (SSSR count). The van der Waals surface area contributed by atoms with Gasteiger partial charge in [0, 0.05) is 6.54 Å². The molecule has 0 bridgehead atoms. The zero-order valence-corrected chi connectivity index (χ0v) is 12.1. The fourth-order valence-corrected chi connectivity index (χ4v) is 1.89. The predicted molar refractivity (Wildman–Crippen MR) is 77.4 cm³/mol. The van der Waals surface area contributed by atoms with Gasteiger partial charge in [-0.15, -0.1) is 0 Å². The summed E-state index contributed by atoms with van der Waals surface area (Å²) in [6.07, 6.45) is 0.410. The monoisotopic (exact) mass is 278 g/mol. The van der Waals surface area contributed by atoms with Crippen molar-refractivity contribution in [2.75, 3.05) is 0 Å². The van der Waals surface area contributed by atoms with Crippen molar-refractivity contribution in [2.45, 2.75) is 39.8 Å². The number of aryl methyl sites for hydroxylation is 1. The Balaban J connectivity index is 2.50. The summed E-state index contributed by atoms with van der Waals surface area (Å²) in [4.78, 5) is 22.8. The van der Waals surface area contributed by atoms with Crippen molar-refractivity contribution in [3.05, 3.63) is 35.4 Å². The van der Waals surface area contributed by atoms with Gasteiger partial charge in [0.1, 0.15) is 6.04 Å². The Kier molecular flexibility index (Phi) is 6.03. The van der Waals surface area contributed by atoms with E-state index in [1.165, 1.54) is 0 Å². The van der Waals surface area contributed by atoms with Crippen molar-refractivity contribution in [3.8, 4) is 0 Å². The van der Waals surface area contributed by atoms with Gasteiger partial charge >= 0.3 is 12.0 Å². The molecular formula is C15H22N2O3. The summed E-state index contributed by atoms with van der Waals surface area (Å²) in [5, 5.41) is 14.2. The minimum absolute atomic E-state index is 0.202. The second kappa shape index (κ2) is 7.53. The second-order valence-corrected chi connectivity index (χ2v) is 5.27. The van der Waals surface area contributed by atoms with Crippen molar-refractivity contribution in [2.24, 2.45) is 5.92 Å². The van der Waals surface area contributed by atoms with Gasteiger partial charge in [-0.25, -0.2) is 9.59 Å². The summed E-state index contributed by atoms with van der Waals surface area (Å²) in [6.45, 7) is 6.19. The highest BCUT2D eigenvalue weighted by Gasteiger charge is 2.20. The molecule has 5 heteroatoms. The number of aliphatic carboxylic acids is 1. The quantitative estimate of drug-likeness (QED) is 0.747. The second-order valence-electron chi connectivity index (χ2n) is 5.27. The number of hydrogen-bond donors (Lipinski definition) is 3. The molecule has 0 fully saturated rings. The molecule has 0 spiro atoms. The van der Waals surface area contributed by atoms with Gasteiger partial charge in [-0.1, -0.05) is 38.1 Å². The summed E-state index contributed by atoms with van der Waals surface area (Å²) in [7, 11) is 0.